The maximum atomic E-state index is 12.0. The first kappa shape index (κ1) is 14.5. The molecule has 0 bridgehead atoms. The lowest BCUT2D eigenvalue weighted by atomic mass is 10.1. The second-order valence-corrected chi connectivity index (χ2v) is 5.34. The molecule has 0 spiro atoms. The molecule has 1 aromatic rings. The highest BCUT2D eigenvalue weighted by molar-refractivity contribution is 5.97. The molecule has 2 N–H and O–H groups in total. The number of carbonyl (C=O) groups is 2. The van der Waals surface area contributed by atoms with Crippen LogP contribution in [0.3, 0.4) is 0 Å². The van der Waals surface area contributed by atoms with Gasteiger partial charge in [0.05, 0.1) is 5.56 Å². The summed E-state index contributed by atoms with van der Waals surface area (Å²) in [4.78, 5) is 25.2. The summed E-state index contributed by atoms with van der Waals surface area (Å²) >= 11 is 0. The number of nitrogens with zero attached hydrogens (tertiary/aromatic N) is 1. The van der Waals surface area contributed by atoms with Crippen molar-refractivity contribution < 1.29 is 14.7 Å². The van der Waals surface area contributed by atoms with Crippen LogP contribution >= 0.6 is 0 Å². The Bertz CT molecular complexity index is 516. The van der Waals surface area contributed by atoms with Gasteiger partial charge in [0, 0.05) is 24.2 Å². The van der Waals surface area contributed by atoms with Crippen LogP contribution in [-0.4, -0.2) is 47.6 Å². The quantitative estimate of drug-likeness (QED) is 0.876. The maximum absolute atomic E-state index is 12.0. The summed E-state index contributed by atoms with van der Waals surface area (Å²) in [5.41, 5.74) is 0.517. The van der Waals surface area contributed by atoms with Gasteiger partial charge in [-0.05, 0) is 45.0 Å². The van der Waals surface area contributed by atoms with Crippen molar-refractivity contribution in [2.45, 2.75) is 31.8 Å². The molecule has 1 heterocycles. The number of carbonyl (C=O) groups excluding carboxylic acids is 1. The lowest BCUT2D eigenvalue weighted by Gasteiger charge is -2.23. The van der Waals surface area contributed by atoms with Crippen LogP contribution in [-0.2, 0) is 0 Å². The molecule has 5 heteroatoms. The van der Waals surface area contributed by atoms with E-state index in [1.807, 2.05) is 0 Å². The molecule has 2 atom stereocenters. The number of hydrogen-bond donors (Lipinski definition) is 2. The summed E-state index contributed by atoms with van der Waals surface area (Å²) in [6, 6.07) is 7.00. The average Bonchev–Trinajstić information content (AvgIpc) is 2.76. The Balaban J connectivity index is 1.95. The minimum atomic E-state index is -1.02. The topological polar surface area (TPSA) is 69.6 Å². The molecule has 0 unspecified atom stereocenters. The van der Waals surface area contributed by atoms with E-state index in [-0.39, 0.29) is 11.5 Å². The van der Waals surface area contributed by atoms with E-state index in [2.05, 4.69) is 24.2 Å². The van der Waals surface area contributed by atoms with Crippen LogP contribution in [0, 0.1) is 0 Å². The van der Waals surface area contributed by atoms with Crippen LogP contribution in [0.1, 0.15) is 40.5 Å². The zero-order chi connectivity index (χ0) is 14.7. The summed E-state index contributed by atoms with van der Waals surface area (Å²) in [6.45, 7) is 2.77. The van der Waals surface area contributed by atoms with Gasteiger partial charge in [0.2, 0.25) is 0 Å². The highest BCUT2D eigenvalue weighted by Crippen LogP contribution is 2.20. The number of rotatable bonds is 4. The number of amides is 1. The Morgan fingerprint density at radius 3 is 2.65 bits per heavy atom. The van der Waals surface area contributed by atoms with E-state index in [0.717, 1.165) is 12.8 Å². The molecule has 0 radical (unpaired) electrons. The number of aromatic carboxylic acids is 1. The van der Waals surface area contributed by atoms with Crippen molar-refractivity contribution in [2.75, 3.05) is 13.6 Å². The molecule has 20 heavy (non-hydrogen) atoms. The molecule has 1 aromatic carbocycles. The smallest absolute Gasteiger partial charge is 0.335 e. The predicted octanol–water partition coefficient (Wildman–Crippen LogP) is 1.60. The Hall–Kier alpha value is -1.88. The summed E-state index contributed by atoms with van der Waals surface area (Å²) < 4.78 is 0. The van der Waals surface area contributed by atoms with Crippen molar-refractivity contribution in [3.05, 3.63) is 35.4 Å². The number of benzene rings is 1. The van der Waals surface area contributed by atoms with E-state index in [0.29, 0.717) is 24.2 Å². The molecule has 108 valence electrons. The predicted molar refractivity (Wildman–Crippen MR) is 76.0 cm³/mol. The summed E-state index contributed by atoms with van der Waals surface area (Å²) in [6.07, 6.45) is 2.22. The van der Waals surface area contributed by atoms with Gasteiger partial charge in [-0.25, -0.2) is 4.79 Å². The highest BCUT2D eigenvalue weighted by atomic mass is 16.4. The molecular weight excluding hydrogens is 256 g/mol. The molecule has 1 aliphatic heterocycles. The van der Waals surface area contributed by atoms with Crippen molar-refractivity contribution in [1.29, 1.82) is 0 Å². The molecule has 1 amide bonds. The number of hydrogen-bond acceptors (Lipinski definition) is 3. The van der Waals surface area contributed by atoms with E-state index < -0.39 is 5.97 Å². The van der Waals surface area contributed by atoms with Crippen molar-refractivity contribution >= 4 is 11.9 Å². The third-order valence-corrected chi connectivity index (χ3v) is 4.06. The summed E-state index contributed by atoms with van der Waals surface area (Å²) in [5, 5.41) is 11.8. The van der Waals surface area contributed by atoms with E-state index in [1.54, 1.807) is 12.1 Å². The fourth-order valence-corrected chi connectivity index (χ4v) is 2.55. The van der Waals surface area contributed by atoms with Crippen molar-refractivity contribution in [3.8, 4) is 0 Å². The van der Waals surface area contributed by atoms with Crippen molar-refractivity contribution in [1.82, 2.24) is 10.2 Å². The Morgan fingerprint density at radius 1 is 1.35 bits per heavy atom. The Labute approximate surface area is 118 Å². The van der Waals surface area contributed by atoms with Gasteiger partial charge < -0.3 is 10.4 Å². The van der Waals surface area contributed by atoms with Gasteiger partial charge in [-0.3, -0.25) is 9.69 Å². The normalized spacial score (nSPS) is 22.7. The number of carboxylic acids is 1. The fourth-order valence-electron chi connectivity index (χ4n) is 2.55. The van der Waals surface area contributed by atoms with Crippen LogP contribution in [0.25, 0.3) is 0 Å². The lowest BCUT2D eigenvalue weighted by molar-refractivity contribution is 0.0697. The van der Waals surface area contributed by atoms with E-state index >= 15 is 0 Å². The van der Waals surface area contributed by atoms with Crippen LogP contribution in [0.2, 0.25) is 0 Å². The average molecular weight is 276 g/mol. The van der Waals surface area contributed by atoms with Crippen molar-refractivity contribution in [3.63, 3.8) is 0 Å². The van der Waals surface area contributed by atoms with Gasteiger partial charge in [-0.15, -0.1) is 0 Å². The molecule has 1 aliphatic rings. The molecular formula is C15H20N2O3. The van der Waals surface area contributed by atoms with Gasteiger partial charge in [-0.2, -0.15) is 0 Å². The zero-order valence-electron chi connectivity index (χ0n) is 11.8. The SMILES string of the molecule is C[C@H]1CC[C@@H](CNC(=O)c2cccc(C(=O)O)c2)N1C. The fraction of sp³-hybridized carbons (Fsp3) is 0.467. The first-order valence-electron chi connectivity index (χ1n) is 6.82. The zero-order valence-corrected chi connectivity index (χ0v) is 11.8. The van der Waals surface area contributed by atoms with Crippen LogP contribution in [0.15, 0.2) is 24.3 Å². The van der Waals surface area contributed by atoms with Gasteiger partial charge in [-0.1, -0.05) is 6.07 Å². The highest BCUT2D eigenvalue weighted by Gasteiger charge is 2.27. The third-order valence-electron chi connectivity index (χ3n) is 4.06. The minimum absolute atomic E-state index is 0.129. The molecule has 1 saturated heterocycles. The first-order valence-corrected chi connectivity index (χ1v) is 6.82. The maximum Gasteiger partial charge on any atom is 0.335 e. The summed E-state index contributed by atoms with van der Waals surface area (Å²) in [7, 11) is 2.07. The van der Waals surface area contributed by atoms with Crippen molar-refractivity contribution in [2.24, 2.45) is 0 Å². The molecule has 1 fully saturated rings. The number of carboxylic acid groups (broad SMARTS) is 1. The second kappa shape index (κ2) is 6.05. The molecule has 0 aliphatic carbocycles. The van der Waals surface area contributed by atoms with Crippen LogP contribution in [0.4, 0.5) is 0 Å². The van der Waals surface area contributed by atoms with Crippen LogP contribution in [0.5, 0.6) is 0 Å². The van der Waals surface area contributed by atoms with Gasteiger partial charge >= 0.3 is 5.97 Å². The molecule has 0 aromatic heterocycles. The largest absolute Gasteiger partial charge is 0.478 e. The standard InChI is InChI=1S/C15H20N2O3/c1-10-6-7-13(17(10)2)9-16-14(18)11-4-3-5-12(8-11)15(19)20/h3-5,8,10,13H,6-7,9H2,1-2H3,(H,16,18)(H,19,20)/t10-,13-/m0/s1. The number of likely N-dealkylation sites (N-methyl/N-ethyl adjacent to an activating group) is 1. The Kier molecular flexibility index (Phi) is 4.39. The monoisotopic (exact) mass is 276 g/mol. The van der Waals surface area contributed by atoms with E-state index in [1.165, 1.54) is 12.1 Å². The second-order valence-electron chi connectivity index (χ2n) is 5.34. The van der Waals surface area contributed by atoms with Gasteiger partial charge in [0.1, 0.15) is 0 Å². The molecule has 5 nitrogen and oxygen atoms in total. The Morgan fingerprint density at radius 2 is 2.05 bits per heavy atom. The van der Waals surface area contributed by atoms with E-state index in [4.69, 9.17) is 5.11 Å². The molecule has 0 saturated carbocycles. The van der Waals surface area contributed by atoms with E-state index in [9.17, 15) is 9.59 Å². The minimum Gasteiger partial charge on any atom is -0.478 e. The number of likely N-dealkylation sites (tertiary alicyclic amines) is 1. The van der Waals surface area contributed by atoms with Gasteiger partial charge in [0.15, 0.2) is 0 Å². The third kappa shape index (κ3) is 3.17. The first-order chi connectivity index (χ1) is 9.49. The number of nitrogens with one attached hydrogen (secondary N) is 1. The molecule has 2 rings (SSSR count). The lowest BCUT2D eigenvalue weighted by Crippen LogP contribution is -2.40. The van der Waals surface area contributed by atoms with Gasteiger partial charge in [0.25, 0.3) is 5.91 Å². The van der Waals surface area contributed by atoms with Crippen LogP contribution < -0.4 is 5.32 Å². The summed E-state index contributed by atoms with van der Waals surface area (Å²) in [5.74, 6) is -1.25.